The summed E-state index contributed by atoms with van der Waals surface area (Å²) in [5.41, 5.74) is 0.946. The van der Waals surface area contributed by atoms with Gasteiger partial charge in [-0.1, -0.05) is 11.6 Å². The van der Waals surface area contributed by atoms with Gasteiger partial charge in [-0.2, -0.15) is 11.3 Å². The van der Waals surface area contributed by atoms with Crippen LogP contribution in [0.1, 0.15) is 18.5 Å². The molecule has 0 spiro atoms. The van der Waals surface area contributed by atoms with E-state index in [9.17, 15) is 8.42 Å². The van der Waals surface area contributed by atoms with E-state index in [1.165, 1.54) is 23.5 Å². The molecule has 1 aromatic heterocycles. The van der Waals surface area contributed by atoms with Crippen LogP contribution in [-0.4, -0.2) is 8.42 Å². The predicted molar refractivity (Wildman–Crippen MR) is 82.2 cm³/mol. The highest BCUT2D eigenvalue weighted by Gasteiger charge is 2.19. The highest BCUT2D eigenvalue weighted by atomic mass is 79.9. The van der Waals surface area contributed by atoms with E-state index in [0.717, 1.165) is 5.56 Å². The molecule has 102 valence electrons. The maximum absolute atomic E-state index is 12.2. The normalized spacial score (nSPS) is 13.4. The zero-order valence-electron chi connectivity index (χ0n) is 9.93. The van der Waals surface area contributed by atoms with Crippen LogP contribution in [0.4, 0.5) is 0 Å². The molecule has 0 aliphatic rings. The van der Waals surface area contributed by atoms with E-state index >= 15 is 0 Å². The van der Waals surface area contributed by atoms with Gasteiger partial charge >= 0.3 is 0 Å². The molecule has 0 fully saturated rings. The zero-order chi connectivity index (χ0) is 14.0. The second kappa shape index (κ2) is 5.93. The Morgan fingerprint density at radius 2 is 2.11 bits per heavy atom. The van der Waals surface area contributed by atoms with Gasteiger partial charge < -0.3 is 0 Å². The largest absolute Gasteiger partial charge is 0.241 e. The fourth-order valence-electron chi connectivity index (χ4n) is 1.53. The van der Waals surface area contributed by atoms with Crippen molar-refractivity contribution in [3.05, 3.63) is 50.1 Å². The maximum atomic E-state index is 12.2. The standard InChI is InChI=1S/C12H11BrClNO2S2/c1-8(9-4-5-18-7-9)15-19(16,17)10-2-3-12(14)11(13)6-10/h2-8,15H,1H3. The Morgan fingerprint density at radius 3 is 2.68 bits per heavy atom. The van der Waals surface area contributed by atoms with E-state index in [4.69, 9.17) is 11.6 Å². The number of hydrogen-bond acceptors (Lipinski definition) is 3. The molecule has 2 rings (SSSR count). The molecule has 19 heavy (non-hydrogen) atoms. The van der Waals surface area contributed by atoms with Crippen molar-refractivity contribution >= 4 is 48.9 Å². The van der Waals surface area contributed by atoms with Crippen molar-refractivity contribution in [2.75, 3.05) is 0 Å². The van der Waals surface area contributed by atoms with Gasteiger partial charge in [0.15, 0.2) is 0 Å². The molecule has 0 saturated carbocycles. The van der Waals surface area contributed by atoms with Crippen LogP contribution < -0.4 is 4.72 Å². The number of thiophene rings is 1. The lowest BCUT2D eigenvalue weighted by Gasteiger charge is -2.13. The molecule has 0 bridgehead atoms. The molecule has 1 heterocycles. The first-order valence-electron chi connectivity index (χ1n) is 5.39. The van der Waals surface area contributed by atoms with E-state index in [1.54, 1.807) is 6.07 Å². The average Bonchev–Trinajstić information content (AvgIpc) is 2.85. The Hall–Kier alpha value is -0.400. The molecule has 0 aliphatic heterocycles. The molecule has 0 aliphatic carbocycles. The van der Waals surface area contributed by atoms with Crippen molar-refractivity contribution in [2.24, 2.45) is 0 Å². The molecule has 0 radical (unpaired) electrons. The van der Waals surface area contributed by atoms with E-state index < -0.39 is 10.0 Å². The summed E-state index contributed by atoms with van der Waals surface area (Å²) in [5, 5.41) is 4.31. The van der Waals surface area contributed by atoms with Crippen LogP contribution in [0.25, 0.3) is 0 Å². The second-order valence-electron chi connectivity index (χ2n) is 3.98. The van der Waals surface area contributed by atoms with Crippen LogP contribution in [0.2, 0.25) is 5.02 Å². The SMILES string of the molecule is CC(NS(=O)(=O)c1ccc(Cl)c(Br)c1)c1ccsc1. The fourth-order valence-corrected chi connectivity index (χ4v) is 4.19. The number of halogens is 2. The third kappa shape index (κ3) is 3.58. The molecule has 1 unspecified atom stereocenters. The van der Waals surface area contributed by atoms with Crippen LogP contribution >= 0.6 is 38.9 Å². The summed E-state index contributed by atoms with van der Waals surface area (Å²) >= 11 is 10.6. The van der Waals surface area contributed by atoms with Gasteiger partial charge in [-0.25, -0.2) is 13.1 Å². The number of sulfonamides is 1. The van der Waals surface area contributed by atoms with Crippen molar-refractivity contribution < 1.29 is 8.42 Å². The molecule has 1 N–H and O–H groups in total. The van der Waals surface area contributed by atoms with Gasteiger partial charge in [-0.05, 0) is 63.4 Å². The zero-order valence-corrected chi connectivity index (χ0v) is 13.9. The first kappa shape index (κ1) is 15.0. The Kier molecular flexibility index (Phi) is 4.68. The number of benzene rings is 1. The van der Waals surface area contributed by atoms with Crippen molar-refractivity contribution in [3.8, 4) is 0 Å². The minimum atomic E-state index is -3.56. The minimum Gasteiger partial charge on any atom is -0.207 e. The summed E-state index contributed by atoms with van der Waals surface area (Å²) in [4.78, 5) is 0.186. The van der Waals surface area contributed by atoms with Gasteiger partial charge in [0, 0.05) is 10.5 Å². The van der Waals surface area contributed by atoms with Crippen molar-refractivity contribution in [1.82, 2.24) is 4.72 Å². The molecule has 1 aromatic carbocycles. The summed E-state index contributed by atoms with van der Waals surface area (Å²) in [6.07, 6.45) is 0. The monoisotopic (exact) mass is 379 g/mol. The van der Waals surface area contributed by atoms with Gasteiger partial charge in [-0.15, -0.1) is 0 Å². The lowest BCUT2D eigenvalue weighted by atomic mass is 10.2. The summed E-state index contributed by atoms with van der Waals surface area (Å²) in [6, 6.07) is 6.15. The highest BCUT2D eigenvalue weighted by molar-refractivity contribution is 9.10. The molecule has 1 atom stereocenters. The lowest BCUT2D eigenvalue weighted by Crippen LogP contribution is -2.26. The van der Waals surface area contributed by atoms with Gasteiger partial charge in [0.25, 0.3) is 0 Å². The third-order valence-electron chi connectivity index (χ3n) is 2.58. The molecule has 2 aromatic rings. The Labute approximate surface area is 129 Å². The van der Waals surface area contributed by atoms with E-state index in [2.05, 4.69) is 20.7 Å². The van der Waals surface area contributed by atoms with Crippen molar-refractivity contribution in [3.63, 3.8) is 0 Å². The van der Waals surface area contributed by atoms with Gasteiger partial charge in [0.1, 0.15) is 0 Å². The molecular weight excluding hydrogens is 370 g/mol. The molecule has 0 saturated heterocycles. The smallest absolute Gasteiger partial charge is 0.207 e. The van der Waals surface area contributed by atoms with Crippen LogP contribution in [0.15, 0.2) is 44.4 Å². The number of nitrogens with one attached hydrogen (secondary N) is 1. The third-order valence-corrected chi connectivity index (χ3v) is 6.03. The number of rotatable bonds is 4. The van der Waals surface area contributed by atoms with Crippen LogP contribution in [0.3, 0.4) is 0 Å². The van der Waals surface area contributed by atoms with Crippen LogP contribution in [0.5, 0.6) is 0 Å². The van der Waals surface area contributed by atoms with Crippen LogP contribution in [0, 0.1) is 0 Å². The summed E-state index contributed by atoms with van der Waals surface area (Å²) in [7, 11) is -3.56. The lowest BCUT2D eigenvalue weighted by molar-refractivity contribution is 0.567. The van der Waals surface area contributed by atoms with Gasteiger partial charge in [0.05, 0.1) is 9.92 Å². The van der Waals surface area contributed by atoms with Gasteiger partial charge in [0.2, 0.25) is 10.0 Å². The van der Waals surface area contributed by atoms with Crippen LogP contribution in [-0.2, 0) is 10.0 Å². The topological polar surface area (TPSA) is 46.2 Å². The molecule has 3 nitrogen and oxygen atoms in total. The summed E-state index contributed by atoms with van der Waals surface area (Å²) < 4.78 is 27.7. The molecule has 0 amide bonds. The Balaban J connectivity index is 2.25. The Morgan fingerprint density at radius 1 is 1.37 bits per heavy atom. The highest BCUT2D eigenvalue weighted by Crippen LogP contribution is 2.26. The van der Waals surface area contributed by atoms with E-state index in [-0.39, 0.29) is 10.9 Å². The number of hydrogen-bond donors (Lipinski definition) is 1. The quantitative estimate of drug-likeness (QED) is 0.864. The molecular formula is C12H11BrClNO2S2. The first-order valence-corrected chi connectivity index (χ1v) is 8.99. The first-order chi connectivity index (χ1) is 8.90. The fraction of sp³-hybridized carbons (Fsp3) is 0.167. The minimum absolute atomic E-state index is 0.186. The van der Waals surface area contributed by atoms with Crippen molar-refractivity contribution in [2.45, 2.75) is 17.9 Å². The Bertz CT molecular complexity index is 671. The molecule has 7 heteroatoms. The summed E-state index contributed by atoms with van der Waals surface area (Å²) in [6.45, 7) is 1.81. The van der Waals surface area contributed by atoms with E-state index in [0.29, 0.717) is 9.50 Å². The second-order valence-corrected chi connectivity index (χ2v) is 7.73. The maximum Gasteiger partial charge on any atom is 0.241 e. The van der Waals surface area contributed by atoms with Crippen molar-refractivity contribution in [1.29, 1.82) is 0 Å². The summed E-state index contributed by atoms with van der Waals surface area (Å²) in [5.74, 6) is 0. The van der Waals surface area contributed by atoms with E-state index in [1.807, 2.05) is 23.8 Å². The average molecular weight is 381 g/mol. The van der Waals surface area contributed by atoms with Gasteiger partial charge in [-0.3, -0.25) is 0 Å². The predicted octanol–water partition coefficient (Wildman–Crippen LogP) is 4.20.